The number of nitrogens with two attached hydrogens (primary N) is 1. The average molecular weight is 514 g/mol. The van der Waals surface area contributed by atoms with Crippen molar-refractivity contribution in [2.45, 2.75) is 44.6 Å². The first-order valence-corrected chi connectivity index (χ1v) is 12.3. The first-order chi connectivity index (χ1) is 18.0. The molecular weight excluding hydrogens is 485 g/mol. The molecule has 1 aliphatic rings. The fraction of sp³-hybridized carbons (Fsp3) is 0.267. The lowest BCUT2D eigenvalue weighted by atomic mass is 9.81. The van der Waals surface area contributed by atoms with Gasteiger partial charge >= 0.3 is 0 Å². The largest absolute Gasteiger partial charge is 0.489 e. The number of hydrogen-bond donors (Lipinski definition) is 2. The van der Waals surface area contributed by atoms with Crippen LogP contribution in [0.4, 0.5) is 4.39 Å². The fourth-order valence-corrected chi connectivity index (χ4v) is 4.71. The molecule has 2 aromatic carbocycles. The lowest BCUT2D eigenvalue weighted by Gasteiger charge is -2.26. The molecule has 38 heavy (non-hydrogen) atoms. The number of aliphatic hydroxyl groups is 1. The molecule has 0 aliphatic carbocycles. The highest BCUT2D eigenvalue weighted by Crippen LogP contribution is 2.46. The lowest BCUT2D eigenvalue weighted by Crippen LogP contribution is -2.40. The molecule has 194 valence electrons. The Bertz CT molecular complexity index is 1580. The summed E-state index contributed by atoms with van der Waals surface area (Å²) in [7, 11) is 0. The van der Waals surface area contributed by atoms with Crippen molar-refractivity contribution in [2.24, 2.45) is 5.73 Å². The van der Waals surface area contributed by atoms with Crippen LogP contribution in [-0.2, 0) is 15.8 Å². The molecule has 7 nitrogen and oxygen atoms in total. The Hall–Kier alpha value is -4.17. The SMILES string of the molecule is Cc1cnc2ccc(C(=O)CC[C@](C)(O)c3cc4c(c(-c5ccc(F)cc5)n3)OC[C@]4(C)C(N)=O)cc2c1. The van der Waals surface area contributed by atoms with Gasteiger partial charge in [-0.15, -0.1) is 0 Å². The Morgan fingerprint density at radius 3 is 2.61 bits per heavy atom. The van der Waals surface area contributed by atoms with Crippen LogP contribution in [0.15, 0.2) is 60.8 Å². The number of primary amides is 1. The summed E-state index contributed by atoms with van der Waals surface area (Å²) in [5.74, 6) is -0.739. The number of Topliss-reactive ketones (excluding diaryl/α,β-unsaturated/α-hetero) is 1. The van der Waals surface area contributed by atoms with Crippen LogP contribution in [0, 0.1) is 12.7 Å². The van der Waals surface area contributed by atoms with Crippen molar-refractivity contribution in [1.29, 1.82) is 0 Å². The van der Waals surface area contributed by atoms with Gasteiger partial charge in [-0.05, 0) is 87.4 Å². The van der Waals surface area contributed by atoms with Crippen molar-refractivity contribution in [1.82, 2.24) is 9.97 Å². The van der Waals surface area contributed by atoms with E-state index in [1.165, 1.54) is 12.1 Å². The average Bonchev–Trinajstić information content (AvgIpc) is 3.25. The molecule has 0 radical (unpaired) electrons. The second-order valence-electron chi connectivity index (χ2n) is 10.3. The molecule has 3 heterocycles. The van der Waals surface area contributed by atoms with E-state index in [0.29, 0.717) is 28.1 Å². The highest BCUT2D eigenvalue weighted by atomic mass is 19.1. The van der Waals surface area contributed by atoms with Gasteiger partial charge < -0.3 is 15.6 Å². The second-order valence-corrected chi connectivity index (χ2v) is 10.3. The summed E-state index contributed by atoms with van der Waals surface area (Å²) in [4.78, 5) is 34.5. The molecule has 0 unspecified atom stereocenters. The van der Waals surface area contributed by atoms with Gasteiger partial charge in [0, 0.05) is 34.7 Å². The Morgan fingerprint density at radius 2 is 1.89 bits per heavy atom. The van der Waals surface area contributed by atoms with Crippen LogP contribution in [0.25, 0.3) is 22.2 Å². The zero-order valence-electron chi connectivity index (χ0n) is 21.4. The number of aryl methyl sites for hydroxylation is 1. The fourth-order valence-electron chi connectivity index (χ4n) is 4.71. The number of nitrogens with zero attached hydrogens (tertiary/aromatic N) is 2. The second kappa shape index (κ2) is 9.29. The summed E-state index contributed by atoms with van der Waals surface area (Å²) < 4.78 is 19.5. The number of aromatic nitrogens is 2. The first-order valence-electron chi connectivity index (χ1n) is 12.3. The molecule has 0 fully saturated rings. The van der Waals surface area contributed by atoms with Gasteiger partial charge in [0.05, 0.1) is 11.2 Å². The molecule has 4 aromatic rings. The lowest BCUT2D eigenvalue weighted by molar-refractivity contribution is -0.123. The maximum atomic E-state index is 13.6. The maximum Gasteiger partial charge on any atom is 0.231 e. The molecule has 1 amide bonds. The summed E-state index contributed by atoms with van der Waals surface area (Å²) in [6.45, 7) is 5.21. The molecule has 8 heteroatoms. The predicted molar refractivity (Wildman–Crippen MR) is 141 cm³/mol. The Labute approximate surface area is 219 Å². The topological polar surface area (TPSA) is 115 Å². The number of pyridine rings is 2. The van der Waals surface area contributed by atoms with Crippen molar-refractivity contribution in [3.8, 4) is 17.0 Å². The van der Waals surface area contributed by atoms with Crippen molar-refractivity contribution in [3.63, 3.8) is 0 Å². The molecule has 5 rings (SSSR count). The number of carbonyl (C=O) groups excluding carboxylic acids is 2. The summed E-state index contributed by atoms with van der Waals surface area (Å²) in [5, 5.41) is 12.4. The number of rotatable bonds is 7. The Morgan fingerprint density at radius 1 is 1.16 bits per heavy atom. The first kappa shape index (κ1) is 25.5. The monoisotopic (exact) mass is 513 g/mol. The predicted octanol–water partition coefficient (Wildman–Crippen LogP) is 4.75. The van der Waals surface area contributed by atoms with Crippen molar-refractivity contribution < 1.29 is 23.8 Å². The minimum atomic E-state index is -1.52. The van der Waals surface area contributed by atoms with Crippen molar-refractivity contribution >= 4 is 22.6 Å². The number of ether oxygens (including phenoxy) is 1. The van der Waals surface area contributed by atoms with Crippen LogP contribution in [-0.4, -0.2) is 33.4 Å². The van der Waals surface area contributed by atoms with E-state index in [0.717, 1.165) is 16.5 Å². The van der Waals surface area contributed by atoms with E-state index < -0.39 is 22.7 Å². The third-order valence-electron chi connectivity index (χ3n) is 7.26. The number of fused-ring (bicyclic) bond motifs is 2. The van der Waals surface area contributed by atoms with Gasteiger partial charge in [-0.3, -0.25) is 14.6 Å². The summed E-state index contributed by atoms with van der Waals surface area (Å²) in [6, 6.07) is 14.7. The standard InChI is InChI=1S/C30H28FN3O4/c1-17-12-20-13-19(6-9-23(20)33-15-17)24(35)10-11-30(3,37)25-14-22-27(38-16-29(22,2)28(32)36)26(34-25)18-4-7-21(31)8-5-18/h4-9,12-15,37H,10-11,16H2,1-3H3,(H2,32,36)/t29-,30-/m0/s1. The van der Waals surface area contributed by atoms with Crippen LogP contribution < -0.4 is 10.5 Å². The van der Waals surface area contributed by atoms with Gasteiger partial charge in [-0.1, -0.05) is 0 Å². The number of carbonyl (C=O) groups is 2. The maximum absolute atomic E-state index is 13.6. The summed E-state index contributed by atoms with van der Waals surface area (Å²) in [5.41, 5.74) is 7.09. The quantitative estimate of drug-likeness (QED) is 0.345. The van der Waals surface area contributed by atoms with Gasteiger partial charge in [0.25, 0.3) is 0 Å². The summed E-state index contributed by atoms with van der Waals surface area (Å²) >= 11 is 0. The number of hydrogen-bond acceptors (Lipinski definition) is 6. The van der Waals surface area contributed by atoms with Crippen LogP contribution >= 0.6 is 0 Å². The van der Waals surface area contributed by atoms with E-state index in [1.54, 1.807) is 44.3 Å². The molecule has 1 aliphatic heterocycles. The minimum absolute atomic E-state index is 0.0217. The molecule has 2 aromatic heterocycles. The number of benzene rings is 2. The highest BCUT2D eigenvalue weighted by molar-refractivity contribution is 5.99. The van der Waals surface area contributed by atoms with Crippen LogP contribution in [0.5, 0.6) is 5.75 Å². The molecule has 0 spiro atoms. The third kappa shape index (κ3) is 4.52. The zero-order valence-corrected chi connectivity index (χ0v) is 21.4. The normalized spacial score (nSPS) is 18.0. The van der Waals surface area contributed by atoms with Gasteiger partial charge in [-0.25, -0.2) is 9.37 Å². The van der Waals surface area contributed by atoms with E-state index >= 15 is 0 Å². The van der Waals surface area contributed by atoms with Crippen LogP contribution in [0.2, 0.25) is 0 Å². The van der Waals surface area contributed by atoms with E-state index in [2.05, 4.69) is 9.97 Å². The third-order valence-corrected chi connectivity index (χ3v) is 7.26. The Balaban J connectivity index is 1.48. The van der Waals surface area contributed by atoms with E-state index in [-0.39, 0.29) is 30.9 Å². The van der Waals surface area contributed by atoms with Crippen LogP contribution in [0.1, 0.15) is 53.9 Å². The van der Waals surface area contributed by atoms with Gasteiger partial charge in [-0.2, -0.15) is 0 Å². The molecule has 0 saturated heterocycles. The van der Waals surface area contributed by atoms with E-state index in [1.807, 2.05) is 25.1 Å². The number of ketones is 1. The van der Waals surface area contributed by atoms with E-state index in [9.17, 15) is 19.1 Å². The smallest absolute Gasteiger partial charge is 0.231 e. The van der Waals surface area contributed by atoms with Gasteiger partial charge in [0.1, 0.15) is 34.9 Å². The molecule has 0 saturated carbocycles. The van der Waals surface area contributed by atoms with Crippen LogP contribution in [0.3, 0.4) is 0 Å². The molecular formula is C30H28FN3O4. The highest BCUT2D eigenvalue weighted by Gasteiger charge is 2.45. The summed E-state index contributed by atoms with van der Waals surface area (Å²) in [6.07, 6.45) is 1.92. The van der Waals surface area contributed by atoms with Crippen molar-refractivity contribution in [3.05, 3.63) is 89.0 Å². The van der Waals surface area contributed by atoms with Gasteiger partial charge in [0.15, 0.2) is 5.78 Å². The Kier molecular flexibility index (Phi) is 6.23. The van der Waals surface area contributed by atoms with Gasteiger partial charge in [0.2, 0.25) is 5.91 Å². The van der Waals surface area contributed by atoms with E-state index in [4.69, 9.17) is 10.5 Å². The number of halogens is 1. The zero-order chi connectivity index (χ0) is 27.2. The molecule has 2 atom stereocenters. The number of amides is 1. The van der Waals surface area contributed by atoms with Crippen molar-refractivity contribution in [2.75, 3.05) is 6.61 Å². The minimum Gasteiger partial charge on any atom is -0.489 e. The molecule has 3 N–H and O–H groups in total. The molecule has 0 bridgehead atoms.